The maximum atomic E-state index is 13.8. The number of nitrogens with one attached hydrogen (secondary N) is 2. The van der Waals surface area contributed by atoms with Gasteiger partial charge >= 0.3 is 5.97 Å². The van der Waals surface area contributed by atoms with E-state index in [9.17, 15) is 18.4 Å². The zero-order chi connectivity index (χ0) is 20.1. The van der Waals surface area contributed by atoms with Gasteiger partial charge in [-0.05, 0) is 48.5 Å². The lowest BCUT2D eigenvalue weighted by Gasteiger charge is -2.10. The summed E-state index contributed by atoms with van der Waals surface area (Å²) in [6.45, 7) is 0. The summed E-state index contributed by atoms with van der Waals surface area (Å²) in [6, 6.07) is 12.4. The Bertz CT molecular complexity index is 1000. The summed E-state index contributed by atoms with van der Waals surface area (Å²) in [4.78, 5) is 27.8. The lowest BCUT2D eigenvalue weighted by molar-refractivity contribution is 0.0600. The minimum Gasteiger partial charge on any atom is -0.465 e. The normalized spacial score (nSPS) is 10.2. The van der Waals surface area contributed by atoms with E-state index in [0.29, 0.717) is 16.9 Å². The molecule has 8 heteroatoms. The molecule has 0 bridgehead atoms. The van der Waals surface area contributed by atoms with Crippen LogP contribution in [0.15, 0.2) is 60.8 Å². The largest absolute Gasteiger partial charge is 0.465 e. The molecule has 28 heavy (non-hydrogen) atoms. The van der Waals surface area contributed by atoms with E-state index in [1.54, 1.807) is 12.1 Å². The van der Waals surface area contributed by atoms with Gasteiger partial charge in [0.25, 0.3) is 5.91 Å². The van der Waals surface area contributed by atoms with Crippen LogP contribution in [0.3, 0.4) is 0 Å². The van der Waals surface area contributed by atoms with Gasteiger partial charge in [0.15, 0.2) is 0 Å². The molecule has 1 aromatic heterocycles. The highest BCUT2D eigenvalue weighted by Gasteiger charge is 2.12. The molecule has 0 aliphatic heterocycles. The van der Waals surface area contributed by atoms with Crippen molar-refractivity contribution in [3.8, 4) is 0 Å². The SMILES string of the molecule is COC(=O)c1ccc(NC(=O)c2cc(Nc3c(F)cccc3F)ccn2)cc1. The van der Waals surface area contributed by atoms with E-state index in [4.69, 9.17) is 0 Å². The van der Waals surface area contributed by atoms with Crippen LogP contribution in [0.25, 0.3) is 0 Å². The van der Waals surface area contributed by atoms with Crippen molar-refractivity contribution >= 4 is 28.9 Å². The van der Waals surface area contributed by atoms with E-state index in [1.807, 2.05) is 0 Å². The van der Waals surface area contributed by atoms with Crippen LogP contribution in [-0.4, -0.2) is 24.0 Å². The number of methoxy groups -OCH3 is 1. The monoisotopic (exact) mass is 383 g/mol. The molecule has 6 nitrogen and oxygen atoms in total. The van der Waals surface area contributed by atoms with Gasteiger partial charge in [-0.1, -0.05) is 6.07 Å². The molecule has 0 fully saturated rings. The molecule has 1 heterocycles. The van der Waals surface area contributed by atoms with Crippen LogP contribution in [0.5, 0.6) is 0 Å². The molecule has 0 unspecified atom stereocenters. The van der Waals surface area contributed by atoms with E-state index in [-0.39, 0.29) is 11.4 Å². The van der Waals surface area contributed by atoms with Gasteiger partial charge in [0.05, 0.1) is 12.7 Å². The van der Waals surface area contributed by atoms with Crippen molar-refractivity contribution in [2.75, 3.05) is 17.7 Å². The molecule has 0 atom stereocenters. The molecule has 2 N–H and O–H groups in total. The van der Waals surface area contributed by atoms with Gasteiger partial charge in [-0.15, -0.1) is 0 Å². The number of esters is 1. The number of nitrogens with zero attached hydrogens (tertiary/aromatic N) is 1. The summed E-state index contributed by atoms with van der Waals surface area (Å²) in [5, 5.41) is 5.23. The van der Waals surface area contributed by atoms with E-state index < -0.39 is 23.5 Å². The topological polar surface area (TPSA) is 80.3 Å². The first-order valence-electron chi connectivity index (χ1n) is 8.15. The lowest BCUT2D eigenvalue weighted by Crippen LogP contribution is -2.14. The Kier molecular flexibility index (Phi) is 5.59. The fourth-order valence-corrected chi connectivity index (χ4v) is 2.40. The minimum absolute atomic E-state index is 0.0405. The highest BCUT2D eigenvalue weighted by molar-refractivity contribution is 6.03. The number of carbonyl (C=O) groups is 2. The number of pyridine rings is 1. The van der Waals surface area contributed by atoms with Gasteiger partial charge in [0.2, 0.25) is 0 Å². The number of para-hydroxylation sites is 1. The Morgan fingerprint density at radius 2 is 1.64 bits per heavy atom. The molecule has 3 rings (SSSR count). The molecule has 0 aliphatic carbocycles. The maximum absolute atomic E-state index is 13.8. The lowest BCUT2D eigenvalue weighted by atomic mass is 10.2. The smallest absolute Gasteiger partial charge is 0.337 e. The Hall–Kier alpha value is -3.81. The van der Waals surface area contributed by atoms with Crippen LogP contribution < -0.4 is 10.6 Å². The van der Waals surface area contributed by atoms with Crippen molar-refractivity contribution in [2.45, 2.75) is 0 Å². The average Bonchev–Trinajstić information content (AvgIpc) is 2.71. The minimum atomic E-state index is -0.756. The molecule has 0 saturated heterocycles. The number of hydrogen-bond acceptors (Lipinski definition) is 5. The highest BCUT2D eigenvalue weighted by Crippen LogP contribution is 2.23. The van der Waals surface area contributed by atoms with Crippen LogP contribution in [0.2, 0.25) is 0 Å². The molecule has 0 saturated carbocycles. The number of halogens is 2. The zero-order valence-corrected chi connectivity index (χ0v) is 14.7. The Labute approximate surface area is 159 Å². The van der Waals surface area contributed by atoms with E-state index in [2.05, 4.69) is 20.4 Å². The van der Waals surface area contributed by atoms with E-state index >= 15 is 0 Å². The van der Waals surface area contributed by atoms with Gasteiger partial charge in [0.1, 0.15) is 23.0 Å². The second kappa shape index (κ2) is 8.26. The molecule has 3 aromatic rings. The number of benzene rings is 2. The number of anilines is 3. The predicted octanol–water partition coefficient (Wildman–Crippen LogP) is 4.14. The molecule has 1 amide bonds. The van der Waals surface area contributed by atoms with Crippen molar-refractivity contribution in [3.05, 3.63) is 83.7 Å². The fraction of sp³-hybridized carbons (Fsp3) is 0.0500. The zero-order valence-electron chi connectivity index (χ0n) is 14.7. The van der Waals surface area contributed by atoms with Crippen molar-refractivity contribution in [2.24, 2.45) is 0 Å². The summed E-state index contributed by atoms with van der Waals surface area (Å²) >= 11 is 0. The second-order valence-electron chi connectivity index (χ2n) is 5.67. The summed E-state index contributed by atoms with van der Waals surface area (Å²) in [7, 11) is 1.28. The van der Waals surface area contributed by atoms with Gasteiger partial charge < -0.3 is 15.4 Å². The number of rotatable bonds is 5. The van der Waals surface area contributed by atoms with Crippen molar-refractivity contribution < 1.29 is 23.1 Å². The summed E-state index contributed by atoms with van der Waals surface area (Å²) in [6.07, 6.45) is 1.34. The third kappa shape index (κ3) is 4.29. The number of amides is 1. The van der Waals surface area contributed by atoms with E-state index in [1.165, 1.54) is 43.6 Å². The quantitative estimate of drug-likeness (QED) is 0.647. The van der Waals surface area contributed by atoms with Crippen molar-refractivity contribution in [1.29, 1.82) is 0 Å². The molecular weight excluding hydrogens is 368 g/mol. The van der Waals surface area contributed by atoms with Crippen molar-refractivity contribution in [1.82, 2.24) is 4.98 Å². The highest BCUT2D eigenvalue weighted by atomic mass is 19.1. The third-order valence-electron chi connectivity index (χ3n) is 3.79. The van der Waals surface area contributed by atoms with Crippen LogP contribution in [0.4, 0.5) is 25.8 Å². The van der Waals surface area contributed by atoms with Gasteiger partial charge in [-0.2, -0.15) is 0 Å². The number of ether oxygens (including phenoxy) is 1. The molecular formula is C20H15F2N3O3. The standard InChI is InChI=1S/C20H15F2N3O3/c1-28-20(27)12-5-7-13(8-6-12)25-19(26)17-11-14(9-10-23-17)24-18-15(21)3-2-4-16(18)22/h2-11H,1H3,(H,23,24)(H,25,26). The first-order valence-corrected chi connectivity index (χ1v) is 8.15. The van der Waals surface area contributed by atoms with Crippen LogP contribution in [0.1, 0.15) is 20.8 Å². The molecule has 142 valence electrons. The molecule has 0 aliphatic rings. The molecule has 0 spiro atoms. The Morgan fingerprint density at radius 1 is 0.964 bits per heavy atom. The third-order valence-corrected chi connectivity index (χ3v) is 3.79. The summed E-state index contributed by atoms with van der Waals surface area (Å²) in [5.41, 5.74) is 0.803. The summed E-state index contributed by atoms with van der Waals surface area (Å²) in [5.74, 6) is -2.52. The number of aromatic nitrogens is 1. The van der Waals surface area contributed by atoms with Crippen LogP contribution in [0, 0.1) is 11.6 Å². The first-order chi connectivity index (χ1) is 13.5. The van der Waals surface area contributed by atoms with Crippen LogP contribution >= 0.6 is 0 Å². The molecule has 0 radical (unpaired) electrons. The van der Waals surface area contributed by atoms with Crippen molar-refractivity contribution in [3.63, 3.8) is 0 Å². The van der Waals surface area contributed by atoms with E-state index in [0.717, 1.165) is 12.1 Å². The fourth-order valence-electron chi connectivity index (χ4n) is 2.40. The van der Waals surface area contributed by atoms with Gasteiger partial charge in [0, 0.05) is 17.6 Å². The second-order valence-corrected chi connectivity index (χ2v) is 5.67. The Morgan fingerprint density at radius 3 is 2.29 bits per heavy atom. The average molecular weight is 383 g/mol. The maximum Gasteiger partial charge on any atom is 0.337 e. The van der Waals surface area contributed by atoms with Gasteiger partial charge in [-0.3, -0.25) is 9.78 Å². The van der Waals surface area contributed by atoms with Gasteiger partial charge in [-0.25, -0.2) is 13.6 Å². The Balaban J connectivity index is 1.74. The first kappa shape index (κ1) is 19.0. The molecule has 2 aromatic carbocycles. The number of carbonyl (C=O) groups excluding carboxylic acids is 2. The summed E-state index contributed by atoms with van der Waals surface area (Å²) < 4.78 is 32.1. The predicted molar refractivity (Wildman–Crippen MR) is 99.6 cm³/mol. The van der Waals surface area contributed by atoms with Crippen LogP contribution in [-0.2, 0) is 4.74 Å². The number of hydrogen-bond donors (Lipinski definition) is 2.